The highest BCUT2D eigenvalue weighted by Gasteiger charge is 2.17. The lowest BCUT2D eigenvalue weighted by atomic mass is 10.1. The molecule has 4 nitrogen and oxygen atoms in total. The first-order chi connectivity index (χ1) is 10.6. The van der Waals surface area contributed by atoms with Crippen molar-refractivity contribution in [1.82, 2.24) is 15.2 Å². The number of hydrogen-bond acceptors (Lipinski definition) is 5. The first-order valence-corrected chi connectivity index (χ1v) is 8.34. The Morgan fingerprint density at radius 2 is 1.91 bits per heavy atom. The molecule has 1 atom stereocenters. The predicted molar refractivity (Wildman–Crippen MR) is 88.9 cm³/mol. The molecule has 0 aliphatic carbocycles. The minimum Gasteiger partial charge on any atom is -0.424 e. The molecule has 3 aromatic rings. The summed E-state index contributed by atoms with van der Waals surface area (Å²) in [5.41, 5.74) is 1.02. The highest BCUT2D eigenvalue weighted by Crippen LogP contribution is 2.37. The number of para-hydroxylation sites is 1. The van der Waals surface area contributed by atoms with Crippen molar-refractivity contribution in [2.45, 2.75) is 37.3 Å². The second kappa shape index (κ2) is 6.48. The SMILES string of the molecule is CC(C)Cc1nnc([C@@H](C)Sc2cccc3cccnc23)o1. The van der Waals surface area contributed by atoms with E-state index >= 15 is 0 Å². The Morgan fingerprint density at radius 3 is 2.73 bits per heavy atom. The first-order valence-electron chi connectivity index (χ1n) is 7.46. The van der Waals surface area contributed by atoms with Gasteiger partial charge in [-0.25, -0.2) is 0 Å². The molecule has 0 aliphatic heterocycles. The van der Waals surface area contributed by atoms with Crippen LogP contribution in [-0.2, 0) is 6.42 Å². The summed E-state index contributed by atoms with van der Waals surface area (Å²) in [6, 6.07) is 10.2. The summed E-state index contributed by atoms with van der Waals surface area (Å²) in [5.74, 6) is 1.90. The van der Waals surface area contributed by atoms with Gasteiger partial charge in [0, 0.05) is 22.9 Å². The minimum absolute atomic E-state index is 0.0982. The number of benzene rings is 1. The largest absolute Gasteiger partial charge is 0.424 e. The second-order valence-electron chi connectivity index (χ2n) is 5.72. The molecular weight excluding hydrogens is 294 g/mol. The van der Waals surface area contributed by atoms with Crippen LogP contribution in [0.2, 0.25) is 0 Å². The zero-order chi connectivity index (χ0) is 15.5. The van der Waals surface area contributed by atoms with E-state index in [1.165, 1.54) is 0 Å². The van der Waals surface area contributed by atoms with Gasteiger partial charge in [0.25, 0.3) is 0 Å². The van der Waals surface area contributed by atoms with Gasteiger partial charge >= 0.3 is 0 Å². The fourth-order valence-corrected chi connectivity index (χ4v) is 3.29. The van der Waals surface area contributed by atoms with E-state index in [9.17, 15) is 0 Å². The van der Waals surface area contributed by atoms with Crippen LogP contribution in [0.3, 0.4) is 0 Å². The summed E-state index contributed by atoms with van der Waals surface area (Å²) in [7, 11) is 0. The monoisotopic (exact) mass is 313 g/mol. The van der Waals surface area contributed by atoms with E-state index in [0.717, 1.165) is 22.2 Å². The lowest BCUT2D eigenvalue weighted by Crippen LogP contribution is -1.93. The van der Waals surface area contributed by atoms with Crippen LogP contribution in [0.15, 0.2) is 45.8 Å². The molecule has 0 amide bonds. The number of aromatic nitrogens is 3. The average molecular weight is 313 g/mol. The highest BCUT2D eigenvalue weighted by molar-refractivity contribution is 7.99. The third-order valence-corrected chi connectivity index (χ3v) is 4.45. The average Bonchev–Trinajstić information content (AvgIpc) is 2.95. The van der Waals surface area contributed by atoms with Gasteiger partial charge in [-0.1, -0.05) is 32.0 Å². The maximum Gasteiger partial charge on any atom is 0.229 e. The third-order valence-electron chi connectivity index (χ3n) is 3.31. The van der Waals surface area contributed by atoms with E-state index in [4.69, 9.17) is 4.42 Å². The molecule has 0 bridgehead atoms. The second-order valence-corrected chi connectivity index (χ2v) is 7.11. The minimum atomic E-state index is 0.0982. The van der Waals surface area contributed by atoms with Crippen molar-refractivity contribution in [1.29, 1.82) is 0 Å². The van der Waals surface area contributed by atoms with Gasteiger partial charge < -0.3 is 4.42 Å². The van der Waals surface area contributed by atoms with Gasteiger partial charge in [0.1, 0.15) is 0 Å². The predicted octanol–water partition coefficient (Wildman–Crippen LogP) is 4.67. The molecule has 0 N–H and O–H groups in total. The van der Waals surface area contributed by atoms with Crippen molar-refractivity contribution in [3.63, 3.8) is 0 Å². The van der Waals surface area contributed by atoms with Crippen molar-refractivity contribution in [2.24, 2.45) is 5.92 Å². The molecule has 0 spiro atoms. The lowest BCUT2D eigenvalue weighted by Gasteiger charge is -2.09. The normalized spacial score (nSPS) is 12.9. The van der Waals surface area contributed by atoms with Crippen LogP contribution in [0.4, 0.5) is 0 Å². The Kier molecular flexibility index (Phi) is 4.43. The van der Waals surface area contributed by atoms with E-state index in [1.54, 1.807) is 11.8 Å². The molecule has 0 saturated carbocycles. The smallest absolute Gasteiger partial charge is 0.229 e. The first kappa shape index (κ1) is 15.0. The van der Waals surface area contributed by atoms with E-state index < -0.39 is 0 Å². The number of hydrogen-bond donors (Lipinski definition) is 0. The molecule has 22 heavy (non-hydrogen) atoms. The summed E-state index contributed by atoms with van der Waals surface area (Å²) < 4.78 is 5.78. The van der Waals surface area contributed by atoms with Crippen LogP contribution in [0.5, 0.6) is 0 Å². The summed E-state index contributed by atoms with van der Waals surface area (Å²) >= 11 is 1.70. The van der Waals surface area contributed by atoms with Gasteiger partial charge in [-0.3, -0.25) is 4.98 Å². The van der Waals surface area contributed by atoms with Crippen LogP contribution in [0.25, 0.3) is 10.9 Å². The Hall–Kier alpha value is -1.88. The molecule has 5 heteroatoms. The Labute approximate surface area is 134 Å². The van der Waals surface area contributed by atoms with Crippen molar-refractivity contribution in [3.05, 3.63) is 48.3 Å². The van der Waals surface area contributed by atoms with Gasteiger partial charge in [0.2, 0.25) is 11.8 Å². The number of nitrogens with zero attached hydrogens (tertiary/aromatic N) is 3. The van der Waals surface area contributed by atoms with Gasteiger partial charge in [-0.2, -0.15) is 0 Å². The molecule has 2 aromatic heterocycles. The maximum absolute atomic E-state index is 5.78. The fraction of sp³-hybridized carbons (Fsp3) is 0.353. The quantitative estimate of drug-likeness (QED) is 0.641. The third kappa shape index (κ3) is 3.30. The molecule has 1 aromatic carbocycles. The van der Waals surface area contributed by atoms with Crippen molar-refractivity contribution < 1.29 is 4.42 Å². The van der Waals surface area contributed by atoms with Gasteiger partial charge in [-0.15, -0.1) is 22.0 Å². The molecule has 0 unspecified atom stereocenters. The van der Waals surface area contributed by atoms with Crippen LogP contribution in [0.1, 0.15) is 37.8 Å². The number of fused-ring (bicyclic) bond motifs is 1. The number of pyridine rings is 1. The van der Waals surface area contributed by atoms with Gasteiger partial charge in [0.05, 0.1) is 10.8 Å². The Bertz CT molecular complexity index is 764. The van der Waals surface area contributed by atoms with Crippen LogP contribution >= 0.6 is 11.8 Å². The number of thioether (sulfide) groups is 1. The lowest BCUT2D eigenvalue weighted by molar-refractivity contribution is 0.426. The Morgan fingerprint density at radius 1 is 1.09 bits per heavy atom. The molecule has 0 radical (unpaired) electrons. The fourth-order valence-electron chi connectivity index (χ4n) is 2.27. The highest BCUT2D eigenvalue weighted by atomic mass is 32.2. The molecule has 114 valence electrons. The van der Waals surface area contributed by atoms with E-state index in [2.05, 4.69) is 60.2 Å². The van der Waals surface area contributed by atoms with E-state index in [0.29, 0.717) is 17.7 Å². The van der Waals surface area contributed by atoms with Gasteiger partial charge in [0.15, 0.2) is 0 Å². The topological polar surface area (TPSA) is 51.8 Å². The maximum atomic E-state index is 5.78. The molecule has 0 saturated heterocycles. The molecular formula is C17H19N3OS. The molecule has 2 heterocycles. The van der Waals surface area contributed by atoms with Gasteiger partial charge in [-0.05, 0) is 25.0 Å². The van der Waals surface area contributed by atoms with Crippen molar-refractivity contribution >= 4 is 22.7 Å². The molecule has 0 aliphatic rings. The Balaban J connectivity index is 1.81. The zero-order valence-electron chi connectivity index (χ0n) is 13.0. The van der Waals surface area contributed by atoms with Crippen LogP contribution in [-0.4, -0.2) is 15.2 Å². The summed E-state index contributed by atoms with van der Waals surface area (Å²) in [4.78, 5) is 5.62. The van der Waals surface area contributed by atoms with Crippen molar-refractivity contribution in [3.8, 4) is 0 Å². The van der Waals surface area contributed by atoms with Crippen LogP contribution < -0.4 is 0 Å². The number of rotatable bonds is 5. The molecule has 0 fully saturated rings. The summed E-state index contributed by atoms with van der Waals surface area (Å²) in [5, 5.41) is 9.57. The zero-order valence-corrected chi connectivity index (χ0v) is 13.8. The summed E-state index contributed by atoms with van der Waals surface area (Å²) in [6.07, 6.45) is 2.64. The van der Waals surface area contributed by atoms with E-state index in [1.807, 2.05) is 12.3 Å². The molecule has 3 rings (SSSR count). The standard InChI is InChI=1S/C17H19N3OS/c1-11(2)10-15-19-20-17(21-15)12(3)22-14-8-4-6-13-7-5-9-18-16(13)14/h4-9,11-12H,10H2,1-3H3/t12-/m1/s1. The van der Waals surface area contributed by atoms with E-state index in [-0.39, 0.29) is 5.25 Å². The van der Waals surface area contributed by atoms with Crippen LogP contribution in [0, 0.1) is 5.92 Å². The summed E-state index contributed by atoms with van der Waals surface area (Å²) in [6.45, 7) is 6.37. The van der Waals surface area contributed by atoms with Crippen molar-refractivity contribution in [2.75, 3.05) is 0 Å².